The molecule has 1 aromatic rings. The van der Waals surface area contributed by atoms with Gasteiger partial charge in [0.1, 0.15) is 0 Å². The van der Waals surface area contributed by atoms with Crippen molar-refractivity contribution in [2.45, 2.75) is 20.3 Å². The van der Waals surface area contributed by atoms with Crippen LogP contribution in [0.5, 0.6) is 0 Å². The lowest BCUT2D eigenvalue weighted by Gasteiger charge is -2.23. The van der Waals surface area contributed by atoms with E-state index in [1.54, 1.807) is 12.1 Å². The van der Waals surface area contributed by atoms with Crippen LogP contribution in [0.3, 0.4) is 0 Å². The summed E-state index contributed by atoms with van der Waals surface area (Å²) in [6, 6.07) is 3.46. The van der Waals surface area contributed by atoms with E-state index in [0.29, 0.717) is 21.7 Å². The summed E-state index contributed by atoms with van der Waals surface area (Å²) in [7, 11) is 1.99. The molecule has 0 atom stereocenters. The number of nitrogens with zero attached hydrogens (tertiary/aromatic N) is 1. The molecule has 0 aliphatic carbocycles. The maximum atomic E-state index is 6.14. The van der Waals surface area contributed by atoms with Crippen LogP contribution in [-0.4, -0.2) is 13.6 Å². The molecular formula is C12H18Cl2N2. The van der Waals surface area contributed by atoms with Crippen molar-refractivity contribution >= 4 is 34.6 Å². The third-order valence-electron chi connectivity index (χ3n) is 2.46. The fraction of sp³-hybridized carbons (Fsp3) is 0.500. The maximum Gasteiger partial charge on any atom is 0.0743 e. The molecule has 1 rings (SSSR count). The highest BCUT2D eigenvalue weighted by Crippen LogP contribution is 2.35. The largest absolute Gasteiger partial charge is 0.399 e. The summed E-state index contributed by atoms with van der Waals surface area (Å²) in [6.45, 7) is 5.32. The molecule has 1 aromatic carbocycles. The van der Waals surface area contributed by atoms with Crippen LogP contribution in [0, 0.1) is 5.92 Å². The fourth-order valence-electron chi connectivity index (χ4n) is 1.51. The molecule has 2 N–H and O–H groups in total. The van der Waals surface area contributed by atoms with E-state index in [-0.39, 0.29) is 0 Å². The van der Waals surface area contributed by atoms with E-state index in [1.165, 1.54) is 0 Å². The van der Waals surface area contributed by atoms with Gasteiger partial charge in [-0.05, 0) is 24.5 Å². The van der Waals surface area contributed by atoms with Gasteiger partial charge in [-0.25, -0.2) is 0 Å². The third-order valence-corrected chi connectivity index (χ3v) is 3.04. The first-order valence-electron chi connectivity index (χ1n) is 5.37. The number of benzene rings is 1. The van der Waals surface area contributed by atoms with Gasteiger partial charge in [0.25, 0.3) is 0 Å². The molecule has 0 aliphatic rings. The second kappa shape index (κ2) is 5.65. The summed E-state index contributed by atoms with van der Waals surface area (Å²) in [5.41, 5.74) is 7.12. The van der Waals surface area contributed by atoms with Gasteiger partial charge in [-0.15, -0.1) is 0 Å². The average Bonchev–Trinajstić information content (AvgIpc) is 2.12. The molecule has 2 nitrogen and oxygen atoms in total. The maximum absolute atomic E-state index is 6.14. The highest BCUT2D eigenvalue weighted by Gasteiger charge is 2.12. The van der Waals surface area contributed by atoms with Gasteiger partial charge in [-0.1, -0.05) is 37.0 Å². The highest BCUT2D eigenvalue weighted by molar-refractivity contribution is 6.39. The second-order valence-electron chi connectivity index (χ2n) is 4.44. The number of anilines is 2. The number of hydrogen-bond acceptors (Lipinski definition) is 2. The molecule has 0 bridgehead atoms. The Labute approximate surface area is 107 Å². The Bertz CT molecular complexity index is 341. The summed E-state index contributed by atoms with van der Waals surface area (Å²) >= 11 is 12.3. The van der Waals surface area contributed by atoms with Crippen molar-refractivity contribution in [1.29, 1.82) is 0 Å². The lowest BCUT2D eigenvalue weighted by molar-refractivity contribution is 0.585. The van der Waals surface area contributed by atoms with E-state index < -0.39 is 0 Å². The number of nitrogens with two attached hydrogens (primary N) is 1. The van der Waals surface area contributed by atoms with Crippen molar-refractivity contribution in [2.75, 3.05) is 24.2 Å². The molecule has 0 fully saturated rings. The molecular weight excluding hydrogens is 243 g/mol. The number of halogens is 2. The van der Waals surface area contributed by atoms with Gasteiger partial charge in [0.2, 0.25) is 0 Å². The van der Waals surface area contributed by atoms with E-state index in [9.17, 15) is 0 Å². The minimum atomic E-state index is 0.594. The Morgan fingerprint density at radius 2 is 1.75 bits per heavy atom. The van der Waals surface area contributed by atoms with Crippen LogP contribution in [0.1, 0.15) is 20.3 Å². The summed E-state index contributed by atoms with van der Waals surface area (Å²) in [5.74, 6) is 0.661. The minimum absolute atomic E-state index is 0.594. The number of rotatable bonds is 4. The van der Waals surface area contributed by atoms with Gasteiger partial charge in [0.05, 0.1) is 15.7 Å². The van der Waals surface area contributed by atoms with E-state index in [2.05, 4.69) is 18.7 Å². The van der Waals surface area contributed by atoms with E-state index in [1.807, 2.05) is 7.05 Å². The summed E-state index contributed by atoms with van der Waals surface area (Å²) in [6.07, 6.45) is 1.10. The molecule has 0 heterocycles. The lowest BCUT2D eigenvalue weighted by atomic mass is 10.1. The third kappa shape index (κ3) is 3.46. The van der Waals surface area contributed by atoms with Crippen LogP contribution in [-0.2, 0) is 0 Å². The first-order valence-corrected chi connectivity index (χ1v) is 6.13. The standard InChI is InChI=1S/C12H18Cl2N2/c1-8(2)4-5-16(3)12-10(13)6-9(15)7-11(12)14/h6-8H,4-5,15H2,1-3H3. The SMILES string of the molecule is CC(C)CCN(C)c1c(Cl)cc(N)cc1Cl. The molecule has 0 saturated heterocycles. The minimum Gasteiger partial charge on any atom is -0.399 e. The molecule has 0 radical (unpaired) electrons. The second-order valence-corrected chi connectivity index (χ2v) is 5.25. The smallest absolute Gasteiger partial charge is 0.0743 e. The van der Waals surface area contributed by atoms with Crippen LogP contribution in [0.4, 0.5) is 11.4 Å². The zero-order chi connectivity index (χ0) is 12.3. The normalized spacial score (nSPS) is 10.9. The topological polar surface area (TPSA) is 29.3 Å². The van der Waals surface area contributed by atoms with Gasteiger partial charge >= 0.3 is 0 Å². The number of hydrogen-bond donors (Lipinski definition) is 1. The molecule has 0 saturated carbocycles. The molecule has 0 aromatic heterocycles. The van der Waals surface area contributed by atoms with Gasteiger partial charge in [0, 0.05) is 19.3 Å². The predicted octanol–water partition coefficient (Wildman–Crippen LogP) is 4.06. The van der Waals surface area contributed by atoms with Gasteiger partial charge in [0.15, 0.2) is 0 Å². The van der Waals surface area contributed by atoms with Gasteiger partial charge in [-0.2, -0.15) is 0 Å². The zero-order valence-corrected chi connectivity index (χ0v) is 11.4. The van der Waals surface area contributed by atoms with Crippen molar-refractivity contribution < 1.29 is 0 Å². The van der Waals surface area contributed by atoms with Gasteiger partial charge in [-0.3, -0.25) is 0 Å². The molecule has 16 heavy (non-hydrogen) atoms. The summed E-state index contributed by atoms with van der Waals surface area (Å²) in [4.78, 5) is 2.07. The van der Waals surface area contributed by atoms with Crippen molar-refractivity contribution in [3.8, 4) is 0 Å². The van der Waals surface area contributed by atoms with Crippen LogP contribution in [0.25, 0.3) is 0 Å². The van der Waals surface area contributed by atoms with Crippen molar-refractivity contribution in [3.63, 3.8) is 0 Å². The first-order chi connectivity index (χ1) is 7.41. The first kappa shape index (κ1) is 13.5. The highest BCUT2D eigenvalue weighted by atomic mass is 35.5. The Morgan fingerprint density at radius 3 is 2.19 bits per heavy atom. The molecule has 90 valence electrons. The quantitative estimate of drug-likeness (QED) is 0.828. The Hall–Kier alpha value is -0.600. The van der Waals surface area contributed by atoms with Crippen LogP contribution < -0.4 is 10.6 Å². The van der Waals surface area contributed by atoms with Crippen molar-refractivity contribution in [3.05, 3.63) is 22.2 Å². The Balaban J connectivity index is 2.86. The van der Waals surface area contributed by atoms with Crippen molar-refractivity contribution in [2.24, 2.45) is 5.92 Å². The van der Waals surface area contributed by atoms with E-state index >= 15 is 0 Å². The fourth-order valence-corrected chi connectivity index (χ4v) is 2.31. The molecule has 0 amide bonds. The Kier molecular flexibility index (Phi) is 4.75. The lowest BCUT2D eigenvalue weighted by Crippen LogP contribution is -2.20. The molecule has 4 heteroatoms. The number of nitrogen functional groups attached to an aromatic ring is 1. The van der Waals surface area contributed by atoms with Crippen LogP contribution >= 0.6 is 23.2 Å². The van der Waals surface area contributed by atoms with E-state index in [0.717, 1.165) is 18.7 Å². The molecule has 0 spiro atoms. The van der Waals surface area contributed by atoms with Gasteiger partial charge < -0.3 is 10.6 Å². The van der Waals surface area contributed by atoms with Crippen LogP contribution in [0.2, 0.25) is 10.0 Å². The van der Waals surface area contributed by atoms with E-state index in [4.69, 9.17) is 28.9 Å². The average molecular weight is 261 g/mol. The van der Waals surface area contributed by atoms with Crippen LogP contribution in [0.15, 0.2) is 12.1 Å². The predicted molar refractivity (Wildman–Crippen MR) is 73.6 cm³/mol. The summed E-state index contributed by atoms with van der Waals surface area (Å²) < 4.78 is 0. The summed E-state index contributed by atoms with van der Waals surface area (Å²) in [5, 5.41) is 1.22. The monoisotopic (exact) mass is 260 g/mol. The van der Waals surface area contributed by atoms with Crippen molar-refractivity contribution in [1.82, 2.24) is 0 Å². The Morgan fingerprint density at radius 1 is 1.25 bits per heavy atom. The molecule has 0 aliphatic heterocycles. The molecule has 0 unspecified atom stereocenters. The zero-order valence-electron chi connectivity index (χ0n) is 9.93.